The third kappa shape index (κ3) is 2.25. The maximum atomic E-state index is 14.0. The van der Waals surface area contributed by atoms with Gasteiger partial charge in [-0.05, 0) is 38.5 Å². The Labute approximate surface area is 111 Å². The molecule has 0 aliphatic rings. The van der Waals surface area contributed by atoms with Crippen molar-refractivity contribution in [1.82, 2.24) is 14.8 Å². The number of hydrogen-bond acceptors (Lipinski definition) is 2. The molecule has 2 aromatic rings. The Morgan fingerprint density at radius 1 is 1.33 bits per heavy atom. The molecule has 2 rings (SSSR count). The van der Waals surface area contributed by atoms with E-state index in [1.807, 2.05) is 31.4 Å². The van der Waals surface area contributed by atoms with Crippen molar-refractivity contribution in [2.45, 2.75) is 32.7 Å². The van der Waals surface area contributed by atoms with E-state index in [0.29, 0.717) is 17.2 Å². The summed E-state index contributed by atoms with van der Waals surface area (Å²) in [6.45, 7) is 5.84. The molecule has 0 atom stereocenters. The first kappa shape index (κ1) is 13.0. The first-order valence-corrected chi connectivity index (χ1v) is 6.34. The lowest BCUT2D eigenvalue weighted by molar-refractivity contribution is 0.578. The van der Waals surface area contributed by atoms with Gasteiger partial charge in [-0.25, -0.2) is 4.39 Å². The standard InChI is InChI=1S/C13H15ClFN3/c1-8(2)18-12(7-14)16-17-13(18)10-5-4-9(3)6-11(10)15/h4-6,8H,7H2,1-3H3. The van der Waals surface area contributed by atoms with Crippen molar-refractivity contribution in [1.29, 1.82) is 0 Å². The van der Waals surface area contributed by atoms with Gasteiger partial charge in [0.25, 0.3) is 0 Å². The highest BCUT2D eigenvalue weighted by molar-refractivity contribution is 6.16. The van der Waals surface area contributed by atoms with Gasteiger partial charge in [-0.1, -0.05) is 6.07 Å². The molecule has 96 valence electrons. The van der Waals surface area contributed by atoms with Gasteiger partial charge in [-0.2, -0.15) is 0 Å². The molecule has 0 fully saturated rings. The molecule has 1 heterocycles. The molecule has 0 aliphatic carbocycles. The number of hydrogen-bond donors (Lipinski definition) is 0. The van der Waals surface area contributed by atoms with Crippen LogP contribution in [0.3, 0.4) is 0 Å². The van der Waals surface area contributed by atoms with Gasteiger partial charge < -0.3 is 4.57 Å². The zero-order valence-electron chi connectivity index (χ0n) is 10.6. The highest BCUT2D eigenvalue weighted by Crippen LogP contribution is 2.26. The van der Waals surface area contributed by atoms with E-state index in [1.54, 1.807) is 6.07 Å². The van der Waals surface area contributed by atoms with Gasteiger partial charge in [-0.3, -0.25) is 0 Å². The van der Waals surface area contributed by atoms with Gasteiger partial charge in [0.1, 0.15) is 11.6 Å². The van der Waals surface area contributed by atoms with E-state index < -0.39 is 0 Å². The molecule has 0 amide bonds. The zero-order valence-corrected chi connectivity index (χ0v) is 11.4. The Balaban J connectivity index is 2.60. The second-order valence-corrected chi connectivity index (χ2v) is 4.79. The van der Waals surface area contributed by atoms with Crippen molar-refractivity contribution in [2.75, 3.05) is 0 Å². The lowest BCUT2D eigenvalue weighted by Crippen LogP contribution is -2.07. The van der Waals surface area contributed by atoms with Crippen molar-refractivity contribution < 1.29 is 4.39 Å². The van der Waals surface area contributed by atoms with E-state index in [0.717, 1.165) is 5.56 Å². The molecule has 0 bridgehead atoms. The lowest BCUT2D eigenvalue weighted by Gasteiger charge is -2.13. The molecule has 1 aromatic heterocycles. The minimum Gasteiger partial charge on any atom is -0.307 e. The molecule has 1 aromatic carbocycles. The first-order valence-electron chi connectivity index (χ1n) is 5.81. The molecule has 0 spiro atoms. The van der Waals surface area contributed by atoms with Crippen LogP contribution >= 0.6 is 11.6 Å². The first-order chi connectivity index (χ1) is 8.54. The molecule has 0 N–H and O–H groups in total. The minimum absolute atomic E-state index is 0.129. The van der Waals surface area contributed by atoms with Crippen molar-refractivity contribution in [3.8, 4) is 11.4 Å². The lowest BCUT2D eigenvalue weighted by atomic mass is 10.1. The van der Waals surface area contributed by atoms with Crippen LogP contribution in [0.2, 0.25) is 0 Å². The fourth-order valence-electron chi connectivity index (χ4n) is 1.94. The number of halogens is 2. The van der Waals surface area contributed by atoms with Crippen LogP contribution in [0, 0.1) is 12.7 Å². The largest absolute Gasteiger partial charge is 0.307 e. The van der Waals surface area contributed by atoms with Crippen molar-refractivity contribution in [3.63, 3.8) is 0 Å². The maximum Gasteiger partial charge on any atom is 0.167 e. The average molecular weight is 268 g/mol. The predicted octanol–water partition coefficient (Wildman–Crippen LogP) is 3.71. The van der Waals surface area contributed by atoms with Gasteiger partial charge in [-0.15, -0.1) is 21.8 Å². The molecule has 0 saturated carbocycles. The van der Waals surface area contributed by atoms with E-state index in [2.05, 4.69) is 10.2 Å². The van der Waals surface area contributed by atoms with Gasteiger partial charge in [0, 0.05) is 6.04 Å². The summed E-state index contributed by atoms with van der Waals surface area (Å²) in [4.78, 5) is 0. The quantitative estimate of drug-likeness (QED) is 0.794. The van der Waals surface area contributed by atoms with E-state index in [9.17, 15) is 4.39 Å². The van der Waals surface area contributed by atoms with E-state index in [4.69, 9.17) is 11.6 Å². The summed E-state index contributed by atoms with van der Waals surface area (Å²) in [7, 11) is 0. The third-order valence-electron chi connectivity index (χ3n) is 2.77. The predicted molar refractivity (Wildman–Crippen MR) is 70.1 cm³/mol. The van der Waals surface area contributed by atoms with Gasteiger partial charge >= 0.3 is 0 Å². The van der Waals surface area contributed by atoms with Gasteiger partial charge in [0.15, 0.2) is 5.82 Å². The molecule has 0 aliphatic heterocycles. The summed E-state index contributed by atoms with van der Waals surface area (Å²) in [5.74, 6) is 1.16. The SMILES string of the molecule is Cc1ccc(-c2nnc(CCl)n2C(C)C)c(F)c1. The smallest absolute Gasteiger partial charge is 0.167 e. The molecular formula is C13H15ClFN3. The Morgan fingerprint density at radius 3 is 2.61 bits per heavy atom. The maximum absolute atomic E-state index is 14.0. The van der Waals surface area contributed by atoms with Gasteiger partial charge in [0.05, 0.1) is 11.4 Å². The van der Waals surface area contributed by atoms with Crippen LogP contribution in [0.15, 0.2) is 18.2 Å². The summed E-state index contributed by atoms with van der Waals surface area (Å²) < 4.78 is 15.8. The Morgan fingerprint density at radius 2 is 2.06 bits per heavy atom. The Hall–Kier alpha value is -1.42. The Bertz CT molecular complexity index is 563. The van der Waals surface area contributed by atoms with Crippen LogP contribution in [0.25, 0.3) is 11.4 Å². The van der Waals surface area contributed by atoms with Crippen molar-refractivity contribution in [3.05, 3.63) is 35.4 Å². The second-order valence-electron chi connectivity index (χ2n) is 4.52. The summed E-state index contributed by atoms with van der Waals surface area (Å²) >= 11 is 5.82. The fourth-order valence-corrected chi connectivity index (χ4v) is 2.12. The van der Waals surface area contributed by atoms with E-state index in [-0.39, 0.29) is 17.7 Å². The number of aryl methyl sites for hydroxylation is 1. The van der Waals surface area contributed by atoms with Crippen molar-refractivity contribution in [2.24, 2.45) is 0 Å². The zero-order chi connectivity index (χ0) is 13.3. The van der Waals surface area contributed by atoms with Crippen LogP contribution in [0.4, 0.5) is 4.39 Å². The number of nitrogens with zero attached hydrogens (tertiary/aromatic N) is 3. The monoisotopic (exact) mass is 267 g/mol. The molecule has 18 heavy (non-hydrogen) atoms. The van der Waals surface area contributed by atoms with Crippen LogP contribution in [0.1, 0.15) is 31.3 Å². The summed E-state index contributed by atoms with van der Waals surface area (Å²) in [6, 6.07) is 5.21. The summed E-state index contributed by atoms with van der Waals surface area (Å²) in [5.41, 5.74) is 1.34. The molecule has 0 radical (unpaired) electrons. The number of rotatable bonds is 3. The Kier molecular flexibility index (Phi) is 3.66. The highest BCUT2D eigenvalue weighted by Gasteiger charge is 2.18. The summed E-state index contributed by atoms with van der Waals surface area (Å²) in [5, 5.41) is 8.07. The number of benzene rings is 1. The highest BCUT2D eigenvalue weighted by atomic mass is 35.5. The van der Waals surface area contributed by atoms with Crippen LogP contribution < -0.4 is 0 Å². The van der Waals surface area contributed by atoms with Crippen LogP contribution in [-0.4, -0.2) is 14.8 Å². The molecule has 0 saturated heterocycles. The molecule has 5 heteroatoms. The second kappa shape index (κ2) is 5.06. The molecule has 0 unspecified atom stereocenters. The van der Waals surface area contributed by atoms with E-state index in [1.165, 1.54) is 6.07 Å². The number of aromatic nitrogens is 3. The number of alkyl halides is 1. The molecule has 3 nitrogen and oxygen atoms in total. The minimum atomic E-state index is -0.287. The van der Waals surface area contributed by atoms with Crippen LogP contribution in [0.5, 0.6) is 0 Å². The summed E-state index contributed by atoms with van der Waals surface area (Å²) in [6.07, 6.45) is 0. The third-order valence-corrected chi connectivity index (χ3v) is 3.01. The average Bonchev–Trinajstić information content (AvgIpc) is 2.72. The van der Waals surface area contributed by atoms with Gasteiger partial charge in [0.2, 0.25) is 0 Å². The molecular weight excluding hydrogens is 253 g/mol. The normalized spacial score (nSPS) is 11.2. The van der Waals surface area contributed by atoms with E-state index >= 15 is 0 Å². The fraction of sp³-hybridized carbons (Fsp3) is 0.385. The topological polar surface area (TPSA) is 30.7 Å². The van der Waals surface area contributed by atoms with Crippen LogP contribution in [-0.2, 0) is 5.88 Å². The van der Waals surface area contributed by atoms with Crippen molar-refractivity contribution >= 4 is 11.6 Å².